The molecule has 0 bridgehead atoms. The Kier molecular flexibility index (Phi) is 3.06. The van der Waals surface area contributed by atoms with Crippen molar-refractivity contribution in [2.24, 2.45) is 4.99 Å². The van der Waals surface area contributed by atoms with Crippen molar-refractivity contribution in [2.45, 2.75) is 0 Å². The van der Waals surface area contributed by atoms with Crippen LogP contribution in [0.4, 0.5) is 0 Å². The molecule has 3 aromatic rings. The van der Waals surface area contributed by atoms with Crippen LogP contribution < -0.4 is 10.6 Å². The fourth-order valence-corrected chi connectivity index (χ4v) is 2.45. The number of rotatable bonds is 2. The summed E-state index contributed by atoms with van der Waals surface area (Å²) >= 11 is 0. The highest BCUT2D eigenvalue weighted by Crippen LogP contribution is 2.19. The molecule has 0 unspecified atom stereocenters. The molecule has 0 aliphatic rings. The lowest BCUT2D eigenvalue weighted by Crippen LogP contribution is -2.31. The molecule has 3 rings (SSSR count). The zero-order valence-electron chi connectivity index (χ0n) is 11.7. The highest BCUT2D eigenvalue weighted by atomic mass is 16.3. The van der Waals surface area contributed by atoms with Crippen LogP contribution in [0.5, 0.6) is 0 Å². The minimum absolute atomic E-state index is 0.0177. The van der Waals surface area contributed by atoms with Crippen molar-refractivity contribution in [3.8, 4) is 0 Å². The van der Waals surface area contributed by atoms with E-state index >= 15 is 0 Å². The van der Waals surface area contributed by atoms with E-state index in [0.717, 1.165) is 21.6 Å². The van der Waals surface area contributed by atoms with Crippen LogP contribution in [-0.2, 0) is 0 Å². The lowest BCUT2D eigenvalue weighted by atomic mass is 10.2. The smallest absolute Gasteiger partial charge is 0.149 e. The lowest BCUT2D eigenvalue weighted by Gasteiger charge is -2.04. The van der Waals surface area contributed by atoms with E-state index in [-0.39, 0.29) is 5.76 Å². The van der Waals surface area contributed by atoms with E-state index in [4.69, 9.17) is 0 Å². The summed E-state index contributed by atoms with van der Waals surface area (Å²) in [5.41, 5.74) is 3.05. The predicted octanol–water partition coefficient (Wildman–Crippen LogP) is 1.91. The van der Waals surface area contributed by atoms with E-state index in [1.54, 1.807) is 19.3 Å². The van der Waals surface area contributed by atoms with Crippen molar-refractivity contribution in [3.63, 3.8) is 0 Å². The largest absolute Gasteiger partial charge is 0.508 e. The first-order valence-corrected chi connectivity index (χ1v) is 6.53. The third-order valence-corrected chi connectivity index (χ3v) is 3.38. The Morgan fingerprint density at radius 2 is 2.14 bits per heavy atom. The van der Waals surface area contributed by atoms with Gasteiger partial charge in [0.15, 0.2) is 0 Å². The van der Waals surface area contributed by atoms with E-state index < -0.39 is 0 Å². The number of aliphatic hydroxyl groups is 1. The van der Waals surface area contributed by atoms with Crippen molar-refractivity contribution in [1.82, 2.24) is 9.38 Å². The van der Waals surface area contributed by atoms with Crippen molar-refractivity contribution < 1.29 is 5.11 Å². The summed E-state index contributed by atoms with van der Waals surface area (Å²) in [5, 5.41) is 11.5. The zero-order valence-corrected chi connectivity index (χ0v) is 11.7. The second kappa shape index (κ2) is 4.90. The van der Waals surface area contributed by atoms with Crippen LogP contribution in [0.25, 0.3) is 35.1 Å². The van der Waals surface area contributed by atoms with Gasteiger partial charge in [0.05, 0.1) is 21.9 Å². The molecule has 2 aromatic heterocycles. The van der Waals surface area contributed by atoms with Crippen molar-refractivity contribution in [2.75, 3.05) is 7.05 Å². The number of aromatic nitrogens is 2. The number of nitrogens with zero attached hydrogens (tertiary/aromatic N) is 3. The van der Waals surface area contributed by atoms with Gasteiger partial charge in [-0.2, -0.15) is 0 Å². The summed E-state index contributed by atoms with van der Waals surface area (Å²) in [7, 11) is 1.71. The fraction of sp³-hybridized carbons (Fsp3) is 0.0588. The molecule has 21 heavy (non-hydrogen) atoms. The molecular formula is C17H15N3O. The molecule has 0 aliphatic heterocycles. The molecule has 1 aromatic carbocycles. The maximum absolute atomic E-state index is 9.83. The second-order valence-corrected chi connectivity index (χ2v) is 4.75. The summed E-state index contributed by atoms with van der Waals surface area (Å²) < 4.78 is 1.97. The molecule has 0 aliphatic carbocycles. The van der Waals surface area contributed by atoms with E-state index in [1.165, 1.54) is 0 Å². The highest BCUT2D eigenvalue weighted by Gasteiger charge is 2.11. The molecule has 4 heteroatoms. The monoisotopic (exact) mass is 277 g/mol. The lowest BCUT2D eigenvalue weighted by molar-refractivity contribution is 0.514. The average molecular weight is 277 g/mol. The van der Waals surface area contributed by atoms with Crippen molar-refractivity contribution in [1.29, 1.82) is 0 Å². The Labute approximate surface area is 121 Å². The number of benzene rings is 1. The molecular weight excluding hydrogens is 262 g/mol. The van der Waals surface area contributed by atoms with Gasteiger partial charge in [0.2, 0.25) is 0 Å². The third-order valence-electron chi connectivity index (χ3n) is 3.38. The molecule has 0 spiro atoms. The first-order chi connectivity index (χ1) is 10.1. The van der Waals surface area contributed by atoms with Gasteiger partial charge < -0.3 is 5.11 Å². The second-order valence-electron chi connectivity index (χ2n) is 4.75. The number of imidazole rings is 1. The first kappa shape index (κ1) is 13.1. The third kappa shape index (κ3) is 2.01. The molecule has 4 nitrogen and oxygen atoms in total. The van der Waals surface area contributed by atoms with E-state index in [9.17, 15) is 5.11 Å². The maximum Gasteiger partial charge on any atom is 0.149 e. The number of para-hydroxylation sites is 2. The molecule has 0 amide bonds. The van der Waals surface area contributed by atoms with Gasteiger partial charge in [-0.1, -0.05) is 25.3 Å². The van der Waals surface area contributed by atoms with E-state index in [0.29, 0.717) is 11.2 Å². The van der Waals surface area contributed by atoms with E-state index in [1.807, 2.05) is 34.7 Å². The van der Waals surface area contributed by atoms with Crippen LogP contribution in [0.15, 0.2) is 41.9 Å². The van der Waals surface area contributed by atoms with Crippen LogP contribution in [0.2, 0.25) is 0 Å². The summed E-state index contributed by atoms with van der Waals surface area (Å²) in [5.74, 6) is -0.0177. The fourth-order valence-electron chi connectivity index (χ4n) is 2.45. The van der Waals surface area contributed by atoms with Gasteiger partial charge in [0.25, 0.3) is 0 Å². The van der Waals surface area contributed by atoms with Crippen molar-refractivity contribution >= 4 is 41.3 Å². The van der Waals surface area contributed by atoms with Gasteiger partial charge in [-0.25, -0.2) is 4.98 Å². The standard InChI is InChI=1S/C17H15N3O/c1-11-10-13(12(2)21)17-19-14-6-4-5-7-16(14)20(17)15(11)8-9-18-3/h4-10,21H,1-2H2,3H3/b15-8+,18-9?. The van der Waals surface area contributed by atoms with Crippen LogP contribution >= 0.6 is 0 Å². The highest BCUT2D eigenvalue weighted by molar-refractivity contribution is 5.92. The number of pyridine rings is 1. The molecule has 2 heterocycles. The quantitative estimate of drug-likeness (QED) is 0.574. The normalized spacial score (nSPS) is 12.7. The Balaban J connectivity index is 2.65. The van der Waals surface area contributed by atoms with E-state index in [2.05, 4.69) is 23.1 Å². The van der Waals surface area contributed by atoms with Gasteiger partial charge in [-0.3, -0.25) is 9.39 Å². The minimum atomic E-state index is -0.0177. The SMILES string of the molecule is C=C(O)c1cc(=C)/c(=C\C=NC)n2c1nc1ccccc12. The minimum Gasteiger partial charge on any atom is -0.508 e. The molecule has 0 atom stereocenters. The molecule has 1 N–H and O–H groups in total. The van der Waals surface area contributed by atoms with Crippen molar-refractivity contribution in [3.05, 3.63) is 53.0 Å². The number of hydrogen-bond donors (Lipinski definition) is 1. The van der Waals surface area contributed by atoms with Gasteiger partial charge in [0.1, 0.15) is 11.4 Å². The van der Waals surface area contributed by atoms with Gasteiger partial charge >= 0.3 is 0 Å². The summed E-state index contributed by atoms with van der Waals surface area (Å²) in [6.45, 7) is 7.68. The number of aliphatic hydroxyl groups excluding tert-OH is 1. The summed E-state index contributed by atoms with van der Waals surface area (Å²) in [6.07, 6.45) is 3.60. The van der Waals surface area contributed by atoms with Crippen LogP contribution in [0.1, 0.15) is 5.56 Å². The summed E-state index contributed by atoms with van der Waals surface area (Å²) in [4.78, 5) is 8.59. The van der Waals surface area contributed by atoms with Gasteiger partial charge in [0, 0.05) is 13.3 Å². The Morgan fingerprint density at radius 3 is 2.86 bits per heavy atom. The number of fused-ring (bicyclic) bond motifs is 3. The molecule has 0 fully saturated rings. The topological polar surface area (TPSA) is 49.9 Å². The molecule has 0 saturated carbocycles. The number of aliphatic imine (C=N–C) groups is 1. The van der Waals surface area contributed by atoms with Crippen LogP contribution in [0.3, 0.4) is 0 Å². The Hall–Kier alpha value is -2.88. The van der Waals surface area contributed by atoms with Gasteiger partial charge in [-0.15, -0.1) is 0 Å². The van der Waals surface area contributed by atoms with Gasteiger partial charge in [-0.05, 0) is 29.5 Å². The van der Waals surface area contributed by atoms with Crippen LogP contribution in [-0.4, -0.2) is 27.8 Å². The predicted molar refractivity (Wildman–Crippen MR) is 88.0 cm³/mol. The zero-order chi connectivity index (χ0) is 15.0. The maximum atomic E-state index is 9.83. The first-order valence-electron chi connectivity index (χ1n) is 6.53. The Morgan fingerprint density at radius 1 is 1.38 bits per heavy atom. The average Bonchev–Trinajstić information content (AvgIpc) is 2.85. The van der Waals surface area contributed by atoms with Crippen LogP contribution in [0, 0.1) is 0 Å². The Bertz CT molecular complexity index is 996. The molecule has 0 radical (unpaired) electrons. The number of hydrogen-bond acceptors (Lipinski definition) is 3. The molecule has 0 saturated heterocycles. The molecule has 104 valence electrons. The summed E-state index contributed by atoms with van der Waals surface area (Å²) in [6, 6.07) is 9.60.